The first-order valence-electron chi connectivity index (χ1n) is 11.1. The molecule has 0 amide bonds. The largest absolute Gasteiger partial charge is 0.496 e. The zero-order chi connectivity index (χ0) is 24.5. The molecule has 0 spiro atoms. The predicted molar refractivity (Wildman–Crippen MR) is 125 cm³/mol. The van der Waals surface area contributed by atoms with Crippen LogP contribution in [0.3, 0.4) is 0 Å². The average Bonchev–Trinajstić information content (AvgIpc) is 2.78. The number of benzene rings is 2. The highest BCUT2D eigenvalue weighted by Gasteiger charge is 2.31. The molecule has 10 heteroatoms. The summed E-state index contributed by atoms with van der Waals surface area (Å²) >= 11 is 0. The third-order valence-corrected chi connectivity index (χ3v) is 5.82. The van der Waals surface area contributed by atoms with E-state index in [2.05, 4.69) is 20.6 Å². The summed E-state index contributed by atoms with van der Waals surface area (Å²) in [6.45, 7) is 5.79. The van der Waals surface area contributed by atoms with E-state index < -0.39 is 17.8 Å². The standard InChI is InChI=1S/C24H28F3N5O2/c1-13(15-6-17(24(25,26)27)10-18(28)7-15)30-23-20-11-22(33-3)16(8-19-12-29-4-5-34-19)9-21(20)31-14(2)32-23/h6-7,9-11,13,19,29H,4-5,8,12,28H2,1-3H3,(H,30,31,32)/t13?,19-/m1/s1. The van der Waals surface area contributed by atoms with Crippen LogP contribution in [0.25, 0.3) is 10.9 Å². The van der Waals surface area contributed by atoms with Crippen LogP contribution in [0.5, 0.6) is 5.75 Å². The third kappa shape index (κ3) is 5.34. The Bertz CT molecular complexity index is 1180. The first-order chi connectivity index (χ1) is 16.1. The Morgan fingerprint density at radius 2 is 2.03 bits per heavy atom. The molecule has 0 aliphatic carbocycles. The smallest absolute Gasteiger partial charge is 0.416 e. The van der Waals surface area contributed by atoms with Gasteiger partial charge in [0.15, 0.2) is 0 Å². The number of nitrogens with two attached hydrogens (primary N) is 1. The van der Waals surface area contributed by atoms with Gasteiger partial charge in [0.1, 0.15) is 17.4 Å². The molecular weight excluding hydrogens is 447 g/mol. The molecule has 1 saturated heterocycles. The van der Waals surface area contributed by atoms with Crippen LogP contribution in [-0.2, 0) is 17.3 Å². The Balaban J connectivity index is 1.68. The van der Waals surface area contributed by atoms with Crippen LogP contribution >= 0.6 is 0 Å². The Morgan fingerprint density at radius 3 is 2.71 bits per heavy atom. The van der Waals surface area contributed by atoms with Crippen LogP contribution in [0.2, 0.25) is 0 Å². The van der Waals surface area contributed by atoms with Crippen molar-refractivity contribution in [2.75, 3.05) is 37.9 Å². The lowest BCUT2D eigenvalue weighted by Crippen LogP contribution is -2.39. The number of aromatic nitrogens is 2. The van der Waals surface area contributed by atoms with Gasteiger partial charge in [0, 0.05) is 30.6 Å². The fourth-order valence-corrected chi connectivity index (χ4v) is 4.15. The zero-order valence-corrected chi connectivity index (χ0v) is 19.3. The molecule has 7 nitrogen and oxygen atoms in total. The van der Waals surface area contributed by atoms with Crippen molar-refractivity contribution in [2.45, 2.75) is 38.6 Å². The highest BCUT2D eigenvalue weighted by molar-refractivity contribution is 5.91. The Morgan fingerprint density at radius 1 is 1.24 bits per heavy atom. The molecule has 1 aliphatic heterocycles. The van der Waals surface area contributed by atoms with E-state index in [-0.39, 0.29) is 11.8 Å². The minimum Gasteiger partial charge on any atom is -0.496 e. The van der Waals surface area contributed by atoms with E-state index in [0.717, 1.165) is 30.8 Å². The summed E-state index contributed by atoms with van der Waals surface area (Å²) in [6.07, 6.45) is -3.78. The Labute approximate surface area is 195 Å². The van der Waals surface area contributed by atoms with Gasteiger partial charge in [0.25, 0.3) is 0 Å². The molecule has 2 heterocycles. The fourth-order valence-electron chi connectivity index (χ4n) is 4.15. The summed E-state index contributed by atoms with van der Waals surface area (Å²) in [5.41, 5.74) is 7.09. The molecule has 4 N–H and O–H groups in total. The number of hydrogen-bond acceptors (Lipinski definition) is 7. The number of ether oxygens (including phenoxy) is 2. The summed E-state index contributed by atoms with van der Waals surface area (Å²) in [7, 11) is 1.60. The summed E-state index contributed by atoms with van der Waals surface area (Å²) in [4.78, 5) is 9.09. The van der Waals surface area contributed by atoms with Gasteiger partial charge in [-0.2, -0.15) is 13.2 Å². The number of anilines is 2. The number of aryl methyl sites for hydroxylation is 1. The van der Waals surface area contributed by atoms with Crippen LogP contribution < -0.4 is 21.1 Å². The summed E-state index contributed by atoms with van der Waals surface area (Å²) in [5.74, 6) is 1.72. The lowest BCUT2D eigenvalue weighted by Gasteiger charge is -2.24. The number of halogens is 3. The second-order valence-corrected chi connectivity index (χ2v) is 8.45. The van der Waals surface area contributed by atoms with Crippen LogP contribution in [0.1, 0.15) is 35.5 Å². The molecule has 34 heavy (non-hydrogen) atoms. The minimum atomic E-state index is -4.48. The van der Waals surface area contributed by atoms with E-state index in [1.54, 1.807) is 21.0 Å². The monoisotopic (exact) mass is 475 g/mol. The second-order valence-electron chi connectivity index (χ2n) is 8.45. The number of methoxy groups -OCH3 is 1. The molecule has 0 saturated carbocycles. The fraction of sp³-hybridized carbons (Fsp3) is 0.417. The summed E-state index contributed by atoms with van der Waals surface area (Å²) in [6, 6.07) is 6.88. The van der Waals surface area contributed by atoms with Gasteiger partial charge >= 0.3 is 6.18 Å². The van der Waals surface area contributed by atoms with Gasteiger partial charge in [0.05, 0.1) is 36.9 Å². The second kappa shape index (κ2) is 9.63. The van der Waals surface area contributed by atoms with Crippen LogP contribution in [0.15, 0.2) is 30.3 Å². The van der Waals surface area contributed by atoms with Crippen LogP contribution in [0, 0.1) is 6.92 Å². The predicted octanol–water partition coefficient (Wildman–Crippen LogP) is 4.25. The van der Waals surface area contributed by atoms with E-state index in [1.807, 2.05) is 12.1 Å². The number of rotatable bonds is 6. The van der Waals surface area contributed by atoms with Crippen molar-refractivity contribution in [1.82, 2.24) is 15.3 Å². The number of nitrogens with one attached hydrogen (secondary N) is 2. The van der Waals surface area contributed by atoms with Gasteiger partial charge in [-0.05, 0) is 55.3 Å². The van der Waals surface area contributed by atoms with E-state index >= 15 is 0 Å². The van der Waals surface area contributed by atoms with Crippen LogP contribution in [-0.4, -0.2) is 42.9 Å². The highest BCUT2D eigenvalue weighted by Crippen LogP contribution is 2.35. The Kier molecular flexibility index (Phi) is 6.81. The molecule has 1 aromatic heterocycles. The number of hydrogen-bond donors (Lipinski definition) is 3. The molecule has 1 unspecified atom stereocenters. The van der Waals surface area contributed by atoms with Gasteiger partial charge in [-0.25, -0.2) is 9.97 Å². The first kappa shape index (κ1) is 24.0. The number of alkyl halides is 3. The maximum atomic E-state index is 13.3. The van der Waals surface area contributed by atoms with Gasteiger partial charge in [-0.15, -0.1) is 0 Å². The van der Waals surface area contributed by atoms with Crippen molar-refractivity contribution < 1.29 is 22.6 Å². The van der Waals surface area contributed by atoms with Crippen molar-refractivity contribution in [3.05, 3.63) is 52.8 Å². The van der Waals surface area contributed by atoms with E-state index in [4.69, 9.17) is 15.2 Å². The first-order valence-corrected chi connectivity index (χ1v) is 11.1. The molecular formula is C24H28F3N5O2. The molecule has 0 bridgehead atoms. The maximum absolute atomic E-state index is 13.3. The van der Waals surface area contributed by atoms with Crippen molar-refractivity contribution in [3.63, 3.8) is 0 Å². The molecule has 0 radical (unpaired) electrons. The van der Waals surface area contributed by atoms with Gasteiger partial charge < -0.3 is 25.8 Å². The van der Waals surface area contributed by atoms with Crippen molar-refractivity contribution in [1.29, 1.82) is 0 Å². The normalized spacial score (nSPS) is 17.5. The number of morpholine rings is 1. The van der Waals surface area contributed by atoms with Crippen molar-refractivity contribution in [3.8, 4) is 5.75 Å². The lowest BCUT2D eigenvalue weighted by molar-refractivity contribution is -0.137. The molecule has 3 aromatic rings. The lowest BCUT2D eigenvalue weighted by atomic mass is 10.0. The zero-order valence-electron chi connectivity index (χ0n) is 19.3. The molecule has 4 rings (SSSR count). The minimum absolute atomic E-state index is 0.0343. The van der Waals surface area contributed by atoms with Crippen molar-refractivity contribution in [2.24, 2.45) is 0 Å². The number of nitrogens with zero attached hydrogens (tertiary/aromatic N) is 2. The molecule has 1 fully saturated rings. The van der Waals surface area contributed by atoms with Crippen molar-refractivity contribution >= 4 is 22.4 Å². The Hall–Kier alpha value is -3.11. The van der Waals surface area contributed by atoms with Gasteiger partial charge in [0.2, 0.25) is 0 Å². The summed E-state index contributed by atoms with van der Waals surface area (Å²) < 4.78 is 51.3. The molecule has 2 atom stereocenters. The SMILES string of the molecule is COc1cc2c(NC(C)c3cc(N)cc(C(F)(F)F)c3)nc(C)nc2cc1C[C@@H]1CNCCO1. The maximum Gasteiger partial charge on any atom is 0.416 e. The average molecular weight is 476 g/mol. The quantitative estimate of drug-likeness (QED) is 0.459. The van der Waals surface area contributed by atoms with Gasteiger partial charge in [-0.3, -0.25) is 0 Å². The summed E-state index contributed by atoms with van der Waals surface area (Å²) in [5, 5.41) is 7.27. The van der Waals surface area contributed by atoms with E-state index in [0.29, 0.717) is 46.9 Å². The van der Waals surface area contributed by atoms with E-state index in [1.165, 1.54) is 6.07 Å². The molecule has 2 aromatic carbocycles. The molecule has 182 valence electrons. The van der Waals surface area contributed by atoms with Gasteiger partial charge in [-0.1, -0.05) is 0 Å². The van der Waals surface area contributed by atoms with Crippen LogP contribution in [0.4, 0.5) is 24.7 Å². The number of fused-ring (bicyclic) bond motifs is 1. The molecule has 1 aliphatic rings. The number of nitrogen functional groups attached to an aromatic ring is 1. The van der Waals surface area contributed by atoms with E-state index in [9.17, 15) is 13.2 Å². The topological polar surface area (TPSA) is 94.3 Å². The third-order valence-electron chi connectivity index (χ3n) is 5.82. The highest BCUT2D eigenvalue weighted by atomic mass is 19.4.